The van der Waals surface area contributed by atoms with E-state index in [-0.39, 0.29) is 22.4 Å². The van der Waals surface area contributed by atoms with E-state index in [1.807, 2.05) is 32.3 Å². The molecular weight excluding hydrogens is 349 g/mol. The van der Waals surface area contributed by atoms with Crippen molar-refractivity contribution in [2.75, 3.05) is 18.7 Å². The first-order valence-electron chi connectivity index (χ1n) is 8.05. The average Bonchev–Trinajstić information content (AvgIpc) is 2.89. The van der Waals surface area contributed by atoms with Crippen LogP contribution in [0.1, 0.15) is 34.1 Å². The van der Waals surface area contributed by atoms with E-state index in [1.54, 1.807) is 6.33 Å². The van der Waals surface area contributed by atoms with Gasteiger partial charge in [0.2, 0.25) is 5.95 Å². The number of hydrogen-bond donors (Lipinski definition) is 1. The highest BCUT2D eigenvalue weighted by atomic mass is 35.5. The number of fused-ring (bicyclic) bond motifs is 1. The number of halogens is 1. The summed E-state index contributed by atoms with van der Waals surface area (Å²) < 4.78 is 20.4. The molecule has 2 aromatic rings. The van der Waals surface area contributed by atoms with Crippen LogP contribution < -0.4 is 5.73 Å². The van der Waals surface area contributed by atoms with Crippen LogP contribution in [0.2, 0.25) is 5.15 Å². The van der Waals surface area contributed by atoms with E-state index in [2.05, 4.69) is 15.0 Å². The summed E-state index contributed by atoms with van der Waals surface area (Å²) in [6.07, 6.45) is 2.74. The lowest BCUT2D eigenvalue weighted by Crippen LogP contribution is -2.14. The summed E-state index contributed by atoms with van der Waals surface area (Å²) >= 11 is 6.01. The number of nitrogens with two attached hydrogens (primary N) is 1. The Kier molecular flexibility index (Phi) is 6.23. The second-order valence-corrected chi connectivity index (χ2v) is 10.8. The van der Waals surface area contributed by atoms with E-state index >= 15 is 0 Å². The molecule has 2 aromatic heterocycles. The molecule has 2 heterocycles. The van der Waals surface area contributed by atoms with Gasteiger partial charge in [-0.25, -0.2) is 4.98 Å². The summed E-state index contributed by atoms with van der Waals surface area (Å²) in [5.74, 6) is 0.125. The van der Waals surface area contributed by atoms with E-state index in [0.717, 1.165) is 6.42 Å². The first-order chi connectivity index (χ1) is 11.3. The highest BCUT2D eigenvalue weighted by Crippen LogP contribution is 2.54. The molecule has 0 saturated heterocycles. The van der Waals surface area contributed by atoms with Gasteiger partial charge in [0, 0.05) is 24.5 Å². The highest BCUT2D eigenvalue weighted by molar-refractivity contribution is 7.65. The molecule has 0 fully saturated rings. The molecule has 0 saturated carbocycles. The topological polar surface area (TPSA) is 95.9 Å². The standard InChI is InChI=1S/C15H25ClN5O2P/c1-10(2)24(22,11(3)4)9-23-7-5-6-21-8-18-12-13(16)19-15(17)20-14(12)21/h8,10-11H,5-7,9H2,1-4H3,(H2,17,19,20). The fourth-order valence-electron chi connectivity index (χ4n) is 2.53. The third kappa shape index (κ3) is 4.08. The largest absolute Gasteiger partial charge is 0.374 e. The van der Waals surface area contributed by atoms with Gasteiger partial charge in [-0.3, -0.25) is 0 Å². The summed E-state index contributed by atoms with van der Waals surface area (Å²) in [5.41, 5.74) is 7.05. The molecule has 0 unspecified atom stereocenters. The third-order valence-corrected chi connectivity index (χ3v) is 8.51. The van der Waals surface area contributed by atoms with Crippen LogP contribution in [0.5, 0.6) is 0 Å². The van der Waals surface area contributed by atoms with Crippen molar-refractivity contribution < 1.29 is 9.30 Å². The van der Waals surface area contributed by atoms with E-state index in [4.69, 9.17) is 22.1 Å². The molecular formula is C15H25ClN5O2P. The molecule has 24 heavy (non-hydrogen) atoms. The van der Waals surface area contributed by atoms with Gasteiger partial charge in [0.25, 0.3) is 0 Å². The number of ether oxygens (including phenoxy) is 1. The van der Waals surface area contributed by atoms with Gasteiger partial charge >= 0.3 is 0 Å². The minimum Gasteiger partial charge on any atom is -0.374 e. The predicted octanol–water partition coefficient (Wildman–Crippen LogP) is 3.61. The van der Waals surface area contributed by atoms with Crippen molar-refractivity contribution in [3.63, 3.8) is 0 Å². The molecule has 0 atom stereocenters. The van der Waals surface area contributed by atoms with Crippen molar-refractivity contribution in [1.82, 2.24) is 19.5 Å². The van der Waals surface area contributed by atoms with Crippen molar-refractivity contribution in [3.8, 4) is 0 Å². The molecule has 7 nitrogen and oxygen atoms in total. The third-order valence-electron chi connectivity index (χ3n) is 4.17. The molecule has 0 bridgehead atoms. The molecule has 0 aliphatic carbocycles. The Morgan fingerprint density at radius 3 is 2.58 bits per heavy atom. The van der Waals surface area contributed by atoms with Crippen molar-refractivity contribution >= 4 is 35.9 Å². The lowest BCUT2D eigenvalue weighted by molar-refractivity contribution is 0.167. The molecule has 0 aromatic carbocycles. The zero-order valence-electron chi connectivity index (χ0n) is 14.6. The second kappa shape index (κ2) is 7.81. The fourth-order valence-corrected chi connectivity index (χ4v) is 4.95. The van der Waals surface area contributed by atoms with Gasteiger partial charge in [0.05, 0.1) is 6.33 Å². The molecule has 0 aliphatic heterocycles. The maximum Gasteiger partial charge on any atom is 0.223 e. The van der Waals surface area contributed by atoms with Crippen LogP contribution >= 0.6 is 18.7 Å². The quantitative estimate of drug-likeness (QED) is 0.431. The van der Waals surface area contributed by atoms with Crippen LogP contribution in [0, 0.1) is 0 Å². The van der Waals surface area contributed by atoms with Crippen molar-refractivity contribution in [2.24, 2.45) is 0 Å². The van der Waals surface area contributed by atoms with Crippen LogP contribution in [0.25, 0.3) is 11.2 Å². The first kappa shape index (κ1) is 19.2. The summed E-state index contributed by atoms with van der Waals surface area (Å²) in [5, 5.41) is 0.252. The SMILES string of the molecule is CC(C)P(=O)(COCCCn1cnc2c(Cl)nc(N)nc21)C(C)C. The fraction of sp³-hybridized carbons (Fsp3) is 0.667. The van der Waals surface area contributed by atoms with E-state index in [1.165, 1.54) is 0 Å². The van der Waals surface area contributed by atoms with Gasteiger partial charge in [-0.1, -0.05) is 39.3 Å². The molecule has 134 valence electrons. The van der Waals surface area contributed by atoms with Gasteiger partial charge < -0.3 is 19.6 Å². The molecule has 0 radical (unpaired) electrons. The zero-order chi connectivity index (χ0) is 17.9. The smallest absolute Gasteiger partial charge is 0.223 e. The number of anilines is 1. The Morgan fingerprint density at radius 1 is 1.29 bits per heavy atom. The van der Waals surface area contributed by atoms with Gasteiger partial charge in [-0.15, -0.1) is 0 Å². The lowest BCUT2D eigenvalue weighted by Gasteiger charge is -2.25. The summed E-state index contributed by atoms with van der Waals surface area (Å²) in [6, 6.07) is 0. The first-order valence-corrected chi connectivity index (χ1v) is 10.5. The second-order valence-electron chi connectivity index (χ2n) is 6.42. The molecule has 2 N–H and O–H groups in total. The van der Waals surface area contributed by atoms with Crippen LogP contribution in [-0.2, 0) is 15.8 Å². The van der Waals surface area contributed by atoms with Gasteiger partial charge in [0.1, 0.15) is 19.0 Å². The molecule has 0 aliphatic rings. The van der Waals surface area contributed by atoms with Gasteiger partial charge in [-0.2, -0.15) is 9.97 Å². The Balaban J connectivity index is 1.91. The number of imidazole rings is 1. The predicted molar refractivity (Wildman–Crippen MR) is 98.1 cm³/mol. The van der Waals surface area contributed by atoms with Gasteiger partial charge in [0.15, 0.2) is 10.8 Å². The Bertz CT molecular complexity index is 735. The summed E-state index contributed by atoms with van der Waals surface area (Å²) in [7, 11) is -2.31. The van der Waals surface area contributed by atoms with E-state index in [0.29, 0.717) is 30.7 Å². The van der Waals surface area contributed by atoms with E-state index < -0.39 is 7.14 Å². The van der Waals surface area contributed by atoms with Crippen LogP contribution in [0.15, 0.2) is 6.33 Å². The molecule has 2 rings (SSSR count). The minimum absolute atomic E-state index is 0.125. The van der Waals surface area contributed by atoms with Crippen molar-refractivity contribution in [3.05, 3.63) is 11.5 Å². The monoisotopic (exact) mass is 373 g/mol. The number of nitrogens with zero attached hydrogens (tertiary/aromatic N) is 4. The van der Waals surface area contributed by atoms with Crippen molar-refractivity contribution in [1.29, 1.82) is 0 Å². The maximum atomic E-state index is 12.9. The Labute approximate surface area is 147 Å². The van der Waals surface area contributed by atoms with Crippen LogP contribution in [0.4, 0.5) is 5.95 Å². The normalized spacial score (nSPS) is 12.6. The van der Waals surface area contributed by atoms with Crippen molar-refractivity contribution in [2.45, 2.75) is 52.0 Å². The number of nitrogen functional groups attached to an aromatic ring is 1. The zero-order valence-corrected chi connectivity index (χ0v) is 16.2. The minimum atomic E-state index is -2.31. The maximum absolute atomic E-state index is 12.9. The van der Waals surface area contributed by atoms with Crippen LogP contribution in [0.3, 0.4) is 0 Å². The average molecular weight is 374 g/mol. The number of rotatable bonds is 8. The molecule has 0 spiro atoms. The van der Waals surface area contributed by atoms with E-state index in [9.17, 15) is 4.57 Å². The summed E-state index contributed by atoms with van der Waals surface area (Å²) in [4.78, 5) is 12.3. The number of aromatic nitrogens is 4. The molecule has 9 heteroatoms. The summed E-state index contributed by atoms with van der Waals surface area (Å²) in [6.45, 7) is 9.17. The Hall–Kier alpha value is -1.17. The Morgan fingerprint density at radius 2 is 1.96 bits per heavy atom. The highest BCUT2D eigenvalue weighted by Gasteiger charge is 2.30. The number of hydrogen-bond acceptors (Lipinski definition) is 6. The lowest BCUT2D eigenvalue weighted by atomic mass is 10.4. The number of aryl methyl sites for hydroxylation is 1. The van der Waals surface area contributed by atoms with Crippen LogP contribution in [-0.4, -0.2) is 43.8 Å². The molecule has 0 amide bonds. The van der Waals surface area contributed by atoms with Gasteiger partial charge in [-0.05, 0) is 6.42 Å².